The molecule has 0 aromatic heterocycles. The average Bonchev–Trinajstić information content (AvgIpc) is 2.70. The van der Waals surface area contributed by atoms with Crippen molar-refractivity contribution in [2.45, 2.75) is 18.1 Å². The first-order valence-electron chi connectivity index (χ1n) is 4.29. The number of aliphatic carboxylic acids is 2. The third-order valence-electron chi connectivity index (χ3n) is 3.37. The molecule has 0 aliphatic heterocycles. The van der Waals surface area contributed by atoms with Crippen molar-refractivity contribution in [2.75, 3.05) is 0 Å². The van der Waals surface area contributed by atoms with E-state index in [1.165, 1.54) is 0 Å². The molecule has 5 nitrogen and oxygen atoms in total. The predicted octanol–water partition coefficient (Wildman–Crippen LogP) is -0.543. The van der Waals surface area contributed by atoms with Gasteiger partial charge in [-0.15, -0.1) is 0 Å². The fraction of sp³-hybridized carbons (Fsp3) is 0.750. The number of fused-ring (bicyclic) bond motifs is 1. The molecule has 0 bridgehead atoms. The lowest BCUT2D eigenvalue weighted by Crippen LogP contribution is -2.56. The van der Waals surface area contributed by atoms with E-state index in [1.54, 1.807) is 0 Å². The zero-order chi connectivity index (χ0) is 10.7. The van der Waals surface area contributed by atoms with Gasteiger partial charge in [0.2, 0.25) is 0 Å². The van der Waals surface area contributed by atoms with Crippen LogP contribution in [-0.2, 0) is 9.59 Å². The number of nitrogens with two attached hydrogens (primary N) is 1. The summed E-state index contributed by atoms with van der Waals surface area (Å²) in [7, 11) is 0. The number of halogens is 1. The van der Waals surface area contributed by atoms with Gasteiger partial charge in [-0.3, -0.25) is 9.59 Å². The summed E-state index contributed by atoms with van der Waals surface area (Å²) >= 11 is 0. The van der Waals surface area contributed by atoms with Crippen molar-refractivity contribution in [2.24, 2.45) is 23.5 Å². The molecule has 4 N–H and O–H groups in total. The van der Waals surface area contributed by atoms with Gasteiger partial charge in [-0.2, -0.15) is 0 Å². The SMILES string of the molecule is N[C@@]1(C(=O)O)[C@@H]2[C@H](C[C@H]1F)[C@H]2C(=O)O. The summed E-state index contributed by atoms with van der Waals surface area (Å²) < 4.78 is 13.2. The molecule has 0 amide bonds. The second kappa shape index (κ2) is 2.44. The van der Waals surface area contributed by atoms with Crippen LogP contribution in [0.4, 0.5) is 4.39 Å². The molecule has 2 rings (SSSR count). The summed E-state index contributed by atoms with van der Waals surface area (Å²) in [6.45, 7) is 0. The maximum absolute atomic E-state index is 13.2. The lowest BCUT2D eigenvalue weighted by atomic mass is 9.90. The van der Waals surface area contributed by atoms with Crippen LogP contribution >= 0.6 is 0 Å². The van der Waals surface area contributed by atoms with Crippen LogP contribution in [0.2, 0.25) is 0 Å². The second-order valence-corrected chi connectivity index (χ2v) is 4.00. The highest BCUT2D eigenvalue weighted by atomic mass is 19.1. The van der Waals surface area contributed by atoms with Gasteiger partial charge in [-0.25, -0.2) is 4.39 Å². The molecule has 14 heavy (non-hydrogen) atoms. The molecule has 0 unspecified atom stereocenters. The number of carboxylic acids is 2. The smallest absolute Gasteiger partial charge is 0.327 e. The van der Waals surface area contributed by atoms with E-state index in [1.807, 2.05) is 0 Å². The Morgan fingerprint density at radius 2 is 2.00 bits per heavy atom. The highest BCUT2D eigenvalue weighted by Crippen LogP contribution is 2.62. The minimum Gasteiger partial charge on any atom is -0.481 e. The number of rotatable bonds is 2. The van der Waals surface area contributed by atoms with Gasteiger partial charge in [0.1, 0.15) is 11.7 Å². The highest BCUT2D eigenvalue weighted by molar-refractivity contribution is 5.86. The quantitative estimate of drug-likeness (QED) is 0.559. The van der Waals surface area contributed by atoms with Crippen LogP contribution in [0, 0.1) is 17.8 Å². The van der Waals surface area contributed by atoms with Gasteiger partial charge >= 0.3 is 11.9 Å². The number of carboxylic acid groups (broad SMARTS) is 2. The molecule has 0 spiro atoms. The topological polar surface area (TPSA) is 101 Å². The van der Waals surface area contributed by atoms with E-state index in [4.69, 9.17) is 15.9 Å². The van der Waals surface area contributed by atoms with Crippen molar-refractivity contribution in [1.82, 2.24) is 0 Å². The molecule has 0 heterocycles. The van der Waals surface area contributed by atoms with E-state index in [9.17, 15) is 14.0 Å². The molecular formula is C8H10FNO4. The van der Waals surface area contributed by atoms with Crippen LogP contribution in [0.5, 0.6) is 0 Å². The Hall–Kier alpha value is -1.17. The van der Waals surface area contributed by atoms with E-state index in [2.05, 4.69) is 0 Å². The van der Waals surface area contributed by atoms with Crippen LogP contribution < -0.4 is 5.73 Å². The molecule has 78 valence electrons. The van der Waals surface area contributed by atoms with Crippen molar-refractivity contribution in [3.63, 3.8) is 0 Å². The number of alkyl halides is 1. The third-order valence-corrected chi connectivity index (χ3v) is 3.37. The van der Waals surface area contributed by atoms with Gasteiger partial charge in [-0.05, 0) is 12.3 Å². The predicted molar refractivity (Wildman–Crippen MR) is 42.2 cm³/mol. The number of hydrogen-bond donors (Lipinski definition) is 3. The van der Waals surface area contributed by atoms with Gasteiger partial charge in [-0.1, -0.05) is 0 Å². The van der Waals surface area contributed by atoms with Crippen LogP contribution in [0.1, 0.15) is 6.42 Å². The molecule has 2 fully saturated rings. The fourth-order valence-electron chi connectivity index (χ4n) is 2.57. The Bertz CT molecular complexity index is 320. The average molecular weight is 203 g/mol. The summed E-state index contributed by atoms with van der Waals surface area (Å²) in [5.41, 5.74) is 3.43. The van der Waals surface area contributed by atoms with E-state index >= 15 is 0 Å². The van der Waals surface area contributed by atoms with Gasteiger partial charge in [0.25, 0.3) is 0 Å². The molecule has 0 aromatic carbocycles. The minimum atomic E-state index is -1.99. The summed E-state index contributed by atoms with van der Waals surface area (Å²) in [4.78, 5) is 21.4. The zero-order valence-electron chi connectivity index (χ0n) is 7.18. The normalized spacial score (nSPS) is 49.9. The first-order chi connectivity index (χ1) is 6.40. The molecule has 6 heteroatoms. The summed E-state index contributed by atoms with van der Waals surface area (Å²) in [6.07, 6.45) is -1.68. The standard InChI is InChI=1S/C8H10FNO4/c9-3-1-2-4(6(11)12)5(2)8(3,10)7(13)14/h2-5H,1,10H2,(H,11,12)(H,13,14)/t2-,3-,4-,5-,8-/m1/s1. The first-order valence-corrected chi connectivity index (χ1v) is 4.29. The molecular weight excluding hydrogens is 193 g/mol. The van der Waals surface area contributed by atoms with Crippen LogP contribution in [0.25, 0.3) is 0 Å². The van der Waals surface area contributed by atoms with Crippen LogP contribution in [0.15, 0.2) is 0 Å². The second-order valence-electron chi connectivity index (χ2n) is 4.00. The van der Waals surface area contributed by atoms with Gasteiger partial charge in [0, 0.05) is 5.92 Å². The van der Waals surface area contributed by atoms with E-state index in [-0.39, 0.29) is 6.42 Å². The van der Waals surface area contributed by atoms with Crippen LogP contribution in [-0.4, -0.2) is 33.9 Å². The third kappa shape index (κ3) is 0.863. The summed E-state index contributed by atoms with van der Waals surface area (Å²) in [5, 5.41) is 17.5. The van der Waals surface area contributed by atoms with Crippen LogP contribution in [0.3, 0.4) is 0 Å². The van der Waals surface area contributed by atoms with Crippen molar-refractivity contribution in [3.8, 4) is 0 Å². The van der Waals surface area contributed by atoms with Gasteiger partial charge in [0.15, 0.2) is 0 Å². The van der Waals surface area contributed by atoms with Gasteiger partial charge in [0.05, 0.1) is 5.92 Å². The maximum atomic E-state index is 13.2. The zero-order valence-corrected chi connectivity index (χ0v) is 7.18. The fourth-order valence-corrected chi connectivity index (χ4v) is 2.57. The van der Waals surface area contributed by atoms with E-state index < -0.39 is 41.4 Å². The Morgan fingerprint density at radius 3 is 2.43 bits per heavy atom. The molecule has 0 radical (unpaired) electrons. The number of carbonyl (C=O) groups is 2. The lowest BCUT2D eigenvalue weighted by molar-refractivity contribution is -0.147. The molecule has 0 saturated heterocycles. The first kappa shape index (κ1) is 9.39. The molecule has 5 atom stereocenters. The van der Waals surface area contributed by atoms with Crippen molar-refractivity contribution in [3.05, 3.63) is 0 Å². The molecule has 2 aliphatic carbocycles. The van der Waals surface area contributed by atoms with Crippen molar-refractivity contribution in [1.29, 1.82) is 0 Å². The van der Waals surface area contributed by atoms with E-state index in [0.29, 0.717) is 0 Å². The van der Waals surface area contributed by atoms with E-state index in [0.717, 1.165) is 0 Å². The Morgan fingerprint density at radius 1 is 1.43 bits per heavy atom. The lowest BCUT2D eigenvalue weighted by Gasteiger charge is -2.24. The Kier molecular flexibility index (Phi) is 1.64. The largest absolute Gasteiger partial charge is 0.481 e. The summed E-state index contributed by atoms with van der Waals surface area (Å²) in [6, 6.07) is 0. The molecule has 2 aliphatic rings. The maximum Gasteiger partial charge on any atom is 0.327 e. The molecule has 0 aromatic rings. The Labute approximate surface area is 78.7 Å². The monoisotopic (exact) mass is 203 g/mol. The van der Waals surface area contributed by atoms with Gasteiger partial charge < -0.3 is 15.9 Å². The summed E-state index contributed by atoms with van der Waals surface area (Å²) in [5.74, 6) is -4.44. The van der Waals surface area contributed by atoms with Crippen molar-refractivity contribution < 1.29 is 24.2 Å². The Balaban J connectivity index is 2.26. The minimum absolute atomic E-state index is 0.0512. The molecule has 2 saturated carbocycles. The number of hydrogen-bond acceptors (Lipinski definition) is 3. The van der Waals surface area contributed by atoms with Crippen molar-refractivity contribution >= 4 is 11.9 Å². The highest BCUT2D eigenvalue weighted by Gasteiger charge is 2.74.